The van der Waals surface area contributed by atoms with Crippen molar-refractivity contribution in [1.82, 2.24) is 29.8 Å². The molecule has 7 nitrogen and oxygen atoms in total. The van der Waals surface area contributed by atoms with Gasteiger partial charge in [0.1, 0.15) is 18.7 Å². The molecule has 0 unspecified atom stereocenters. The van der Waals surface area contributed by atoms with Crippen molar-refractivity contribution < 1.29 is 0 Å². The molecule has 0 spiro atoms. The Morgan fingerprint density at radius 2 is 2.31 bits per heavy atom. The molecule has 16 heavy (non-hydrogen) atoms. The van der Waals surface area contributed by atoms with E-state index in [0.717, 1.165) is 24.4 Å². The number of aryl methyl sites for hydroxylation is 2. The topological polar surface area (TPSA) is 87.4 Å². The Balaban J connectivity index is 2.00. The molecule has 86 valence electrons. The Labute approximate surface area is 93.3 Å². The van der Waals surface area contributed by atoms with Crippen molar-refractivity contribution in [2.45, 2.75) is 19.4 Å². The highest BCUT2D eigenvalue weighted by Crippen LogP contribution is 2.00. The quantitative estimate of drug-likeness (QED) is 0.724. The Morgan fingerprint density at radius 3 is 3.00 bits per heavy atom. The minimum absolute atomic E-state index is 0.589. The van der Waals surface area contributed by atoms with Crippen LogP contribution in [0.5, 0.6) is 0 Å². The van der Waals surface area contributed by atoms with Gasteiger partial charge in [0, 0.05) is 13.2 Å². The first-order valence-corrected chi connectivity index (χ1v) is 5.21. The van der Waals surface area contributed by atoms with Crippen LogP contribution in [0, 0.1) is 0 Å². The fourth-order valence-electron chi connectivity index (χ4n) is 1.42. The van der Waals surface area contributed by atoms with Crippen LogP contribution in [0.4, 0.5) is 0 Å². The summed E-state index contributed by atoms with van der Waals surface area (Å²) in [5.41, 5.74) is 6.40. The second kappa shape index (κ2) is 4.84. The molecule has 0 aliphatic rings. The Kier molecular flexibility index (Phi) is 3.25. The van der Waals surface area contributed by atoms with Crippen molar-refractivity contribution in [3.05, 3.63) is 24.0 Å². The molecule has 2 heterocycles. The van der Waals surface area contributed by atoms with Crippen LogP contribution >= 0.6 is 0 Å². The molecule has 0 aliphatic heterocycles. The highest BCUT2D eigenvalue weighted by Gasteiger charge is 2.04. The van der Waals surface area contributed by atoms with Gasteiger partial charge in [-0.25, -0.2) is 9.67 Å². The van der Waals surface area contributed by atoms with Crippen molar-refractivity contribution in [1.29, 1.82) is 0 Å². The van der Waals surface area contributed by atoms with Gasteiger partial charge >= 0.3 is 0 Å². The molecular weight excluding hydrogens is 206 g/mol. The Hall–Kier alpha value is -1.76. The van der Waals surface area contributed by atoms with Gasteiger partial charge in [0.2, 0.25) is 0 Å². The van der Waals surface area contributed by atoms with Crippen LogP contribution in [0.25, 0.3) is 0 Å². The molecule has 2 N–H and O–H groups in total. The summed E-state index contributed by atoms with van der Waals surface area (Å²) in [6.45, 7) is 1.27. The smallest absolute Gasteiger partial charge is 0.148 e. The molecule has 0 aromatic carbocycles. The van der Waals surface area contributed by atoms with Gasteiger partial charge in [0.15, 0.2) is 0 Å². The standard InChI is InChI=1S/C9H15N7/c1-15-9(11-7-12-15)6-16-5-8(13-14-16)3-2-4-10/h5,7H,2-4,6,10H2,1H3. The zero-order chi connectivity index (χ0) is 11.4. The van der Waals surface area contributed by atoms with Gasteiger partial charge in [0.25, 0.3) is 0 Å². The molecule has 2 rings (SSSR count). The minimum atomic E-state index is 0.589. The van der Waals surface area contributed by atoms with E-state index in [1.54, 1.807) is 9.36 Å². The van der Waals surface area contributed by atoms with Crippen LogP contribution in [0.2, 0.25) is 0 Å². The third-order valence-electron chi connectivity index (χ3n) is 2.33. The maximum atomic E-state index is 5.44. The summed E-state index contributed by atoms with van der Waals surface area (Å²) < 4.78 is 3.48. The van der Waals surface area contributed by atoms with Crippen LogP contribution in [0.15, 0.2) is 12.5 Å². The highest BCUT2D eigenvalue weighted by atomic mass is 15.4. The molecule has 0 bridgehead atoms. The van der Waals surface area contributed by atoms with Gasteiger partial charge in [-0.3, -0.25) is 4.68 Å². The van der Waals surface area contributed by atoms with Gasteiger partial charge in [-0.05, 0) is 19.4 Å². The Bertz CT molecular complexity index is 444. The molecular formula is C9H15N7. The number of rotatable bonds is 5. The van der Waals surface area contributed by atoms with Gasteiger partial charge in [-0.15, -0.1) is 5.10 Å². The normalized spacial score (nSPS) is 10.9. The zero-order valence-electron chi connectivity index (χ0n) is 9.24. The molecule has 7 heteroatoms. The fraction of sp³-hybridized carbons (Fsp3) is 0.556. The number of hydrogen-bond acceptors (Lipinski definition) is 5. The van der Waals surface area contributed by atoms with E-state index in [1.807, 2.05) is 13.2 Å². The lowest BCUT2D eigenvalue weighted by molar-refractivity contribution is 0.589. The SMILES string of the molecule is Cn1ncnc1Cn1cc(CCCN)nn1. The summed E-state index contributed by atoms with van der Waals surface area (Å²) in [4.78, 5) is 4.13. The first kappa shape index (κ1) is 10.7. The molecule has 0 atom stereocenters. The van der Waals surface area contributed by atoms with Crippen molar-refractivity contribution in [2.24, 2.45) is 12.8 Å². The van der Waals surface area contributed by atoms with Gasteiger partial charge in [-0.2, -0.15) is 5.10 Å². The molecule has 0 radical (unpaired) electrons. The summed E-state index contributed by atoms with van der Waals surface area (Å²) in [6.07, 6.45) is 5.25. The number of aromatic nitrogens is 6. The lowest BCUT2D eigenvalue weighted by Gasteiger charge is -1.98. The first-order chi connectivity index (χ1) is 7.79. The van der Waals surface area contributed by atoms with Crippen LogP contribution in [0.3, 0.4) is 0 Å². The van der Waals surface area contributed by atoms with Crippen LogP contribution in [-0.2, 0) is 20.0 Å². The lowest BCUT2D eigenvalue weighted by atomic mass is 10.2. The van der Waals surface area contributed by atoms with E-state index in [0.29, 0.717) is 13.1 Å². The van der Waals surface area contributed by atoms with Crippen LogP contribution in [-0.4, -0.2) is 36.3 Å². The van der Waals surface area contributed by atoms with E-state index in [1.165, 1.54) is 6.33 Å². The molecule has 0 saturated carbocycles. The van der Waals surface area contributed by atoms with Gasteiger partial charge in [-0.1, -0.05) is 5.21 Å². The van der Waals surface area contributed by atoms with E-state index in [2.05, 4.69) is 20.4 Å². The highest BCUT2D eigenvalue weighted by molar-refractivity contribution is 4.94. The maximum Gasteiger partial charge on any atom is 0.148 e. The summed E-state index contributed by atoms with van der Waals surface area (Å²) >= 11 is 0. The molecule has 0 saturated heterocycles. The van der Waals surface area contributed by atoms with E-state index in [4.69, 9.17) is 5.73 Å². The van der Waals surface area contributed by atoms with Crippen molar-refractivity contribution >= 4 is 0 Å². The van der Waals surface area contributed by atoms with E-state index in [9.17, 15) is 0 Å². The summed E-state index contributed by atoms with van der Waals surface area (Å²) in [5.74, 6) is 0.857. The molecule has 0 amide bonds. The van der Waals surface area contributed by atoms with Gasteiger partial charge in [0.05, 0.1) is 5.69 Å². The van der Waals surface area contributed by atoms with Gasteiger partial charge < -0.3 is 5.73 Å². The van der Waals surface area contributed by atoms with Crippen LogP contribution < -0.4 is 5.73 Å². The Morgan fingerprint density at radius 1 is 1.44 bits per heavy atom. The van der Waals surface area contributed by atoms with Crippen molar-refractivity contribution in [2.75, 3.05) is 6.54 Å². The fourth-order valence-corrected chi connectivity index (χ4v) is 1.42. The summed E-state index contributed by atoms with van der Waals surface area (Å²) in [5, 5.41) is 12.1. The van der Waals surface area contributed by atoms with Crippen molar-refractivity contribution in [3.63, 3.8) is 0 Å². The summed E-state index contributed by atoms with van der Waals surface area (Å²) in [6, 6.07) is 0. The number of nitrogens with zero attached hydrogens (tertiary/aromatic N) is 6. The van der Waals surface area contributed by atoms with E-state index in [-0.39, 0.29) is 0 Å². The second-order valence-corrected chi connectivity index (χ2v) is 3.60. The third-order valence-corrected chi connectivity index (χ3v) is 2.33. The number of hydrogen-bond donors (Lipinski definition) is 1. The van der Waals surface area contributed by atoms with Crippen LogP contribution in [0.1, 0.15) is 17.9 Å². The third kappa shape index (κ3) is 2.43. The first-order valence-electron chi connectivity index (χ1n) is 5.21. The number of nitrogens with two attached hydrogens (primary N) is 1. The second-order valence-electron chi connectivity index (χ2n) is 3.60. The predicted octanol–water partition coefficient (Wildman–Crippen LogP) is -0.654. The largest absolute Gasteiger partial charge is 0.330 e. The average molecular weight is 221 g/mol. The monoisotopic (exact) mass is 221 g/mol. The molecule has 0 fully saturated rings. The zero-order valence-corrected chi connectivity index (χ0v) is 9.24. The summed E-state index contributed by atoms with van der Waals surface area (Å²) in [7, 11) is 1.86. The van der Waals surface area contributed by atoms with E-state index < -0.39 is 0 Å². The molecule has 2 aromatic rings. The molecule has 0 aliphatic carbocycles. The molecule has 2 aromatic heterocycles. The minimum Gasteiger partial charge on any atom is -0.330 e. The lowest BCUT2D eigenvalue weighted by Crippen LogP contribution is -2.07. The van der Waals surface area contributed by atoms with E-state index >= 15 is 0 Å². The van der Waals surface area contributed by atoms with Crippen molar-refractivity contribution in [3.8, 4) is 0 Å². The maximum absolute atomic E-state index is 5.44. The predicted molar refractivity (Wildman–Crippen MR) is 57.5 cm³/mol. The average Bonchev–Trinajstić information content (AvgIpc) is 2.87.